The highest BCUT2D eigenvalue weighted by molar-refractivity contribution is 7.16. The summed E-state index contributed by atoms with van der Waals surface area (Å²) in [5.41, 5.74) is 4.82. The lowest BCUT2D eigenvalue weighted by molar-refractivity contribution is -0.149. The molecular weight excluding hydrogens is 391 g/mol. The van der Waals surface area contributed by atoms with Gasteiger partial charge in [-0.3, -0.25) is 4.79 Å². The molecule has 0 fully saturated rings. The number of halogens is 3. The van der Waals surface area contributed by atoms with Crippen LogP contribution < -0.4 is 5.32 Å². The Morgan fingerprint density at radius 3 is 2.82 bits per heavy atom. The van der Waals surface area contributed by atoms with E-state index in [1.165, 1.54) is 22.0 Å². The van der Waals surface area contributed by atoms with Gasteiger partial charge in [0.1, 0.15) is 11.6 Å². The number of hydrogen-bond acceptors (Lipinski definition) is 5. The number of thiazole rings is 1. The third-order valence-electron chi connectivity index (χ3n) is 4.36. The second-order valence-corrected chi connectivity index (χ2v) is 7.23. The van der Waals surface area contributed by atoms with Crippen LogP contribution in [0, 0.1) is 6.92 Å². The zero-order valence-electron chi connectivity index (χ0n) is 14.8. The van der Waals surface area contributed by atoms with E-state index in [-0.39, 0.29) is 11.2 Å². The highest BCUT2D eigenvalue weighted by Gasteiger charge is 2.37. The molecule has 0 spiro atoms. The summed E-state index contributed by atoms with van der Waals surface area (Å²) in [7, 11) is 0. The topological polar surface area (TPSA) is 72.2 Å². The predicted molar refractivity (Wildman–Crippen MR) is 99.3 cm³/mol. The number of aromatic nitrogens is 4. The maximum atomic E-state index is 12.8. The van der Waals surface area contributed by atoms with E-state index in [0.29, 0.717) is 11.4 Å². The van der Waals surface area contributed by atoms with Crippen molar-refractivity contribution < 1.29 is 18.0 Å². The summed E-state index contributed by atoms with van der Waals surface area (Å²) < 4.78 is 40.7. The quantitative estimate of drug-likeness (QED) is 0.559. The number of aryl methyl sites for hydroxylation is 1. The van der Waals surface area contributed by atoms with Gasteiger partial charge in [-0.15, -0.1) is 11.3 Å². The first kappa shape index (κ1) is 18.4. The van der Waals surface area contributed by atoms with Crippen LogP contribution in [0.5, 0.6) is 0 Å². The highest BCUT2D eigenvalue weighted by atomic mass is 32.1. The van der Waals surface area contributed by atoms with Gasteiger partial charge >= 0.3 is 6.18 Å². The van der Waals surface area contributed by atoms with E-state index in [0.717, 1.165) is 22.7 Å². The summed E-state index contributed by atoms with van der Waals surface area (Å²) in [6.45, 7) is 2.67. The van der Waals surface area contributed by atoms with Gasteiger partial charge in [0, 0.05) is 11.3 Å². The lowest BCUT2D eigenvalue weighted by Crippen LogP contribution is -2.43. The zero-order chi connectivity index (χ0) is 20.1. The van der Waals surface area contributed by atoms with E-state index in [1.54, 1.807) is 18.5 Å². The Kier molecular flexibility index (Phi) is 4.30. The van der Waals surface area contributed by atoms with Gasteiger partial charge in [-0.25, -0.2) is 14.5 Å². The molecule has 0 aliphatic rings. The number of amides is 1. The molecule has 0 saturated heterocycles. The first-order valence-corrected chi connectivity index (χ1v) is 9.18. The van der Waals surface area contributed by atoms with Crippen molar-refractivity contribution in [3.05, 3.63) is 47.2 Å². The van der Waals surface area contributed by atoms with E-state index < -0.39 is 18.1 Å². The zero-order valence-corrected chi connectivity index (χ0v) is 15.6. The van der Waals surface area contributed by atoms with Crippen molar-refractivity contribution in [2.45, 2.75) is 26.1 Å². The molecule has 6 nitrogen and oxygen atoms in total. The first-order chi connectivity index (χ1) is 13.2. The molecule has 4 aromatic rings. The molecule has 28 heavy (non-hydrogen) atoms. The molecule has 1 N–H and O–H groups in total. The molecule has 1 aromatic carbocycles. The second-order valence-electron chi connectivity index (χ2n) is 6.35. The van der Waals surface area contributed by atoms with E-state index in [2.05, 4.69) is 15.1 Å². The fourth-order valence-electron chi connectivity index (χ4n) is 2.79. The van der Waals surface area contributed by atoms with Gasteiger partial charge in [0.2, 0.25) is 0 Å². The normalized spacial score (nSPS) is 13.2. The predicted octanol–water partition coefficient (Wildman–Crippen LogP) is 4.00. The van der Waals surface area contributed by atoms with Crippen molar-refractivity contribution in [2.75, 3.05) is 0 Å². The van der Waals surface area contributed by atoms with Crippen molar-refractivity contribution in [3.63, 3.8) is 0 Å². The van der Waals surface area contributed by atoms with Crippen molar-refractivity contribution in [3.8, 4) is 11.3 Å². The number of carbonyl (C=O) groups excluding carboxylic acids is 1. The van der Waals surface area contributed by atoms with Gasteiger partial charge in [-0.2, -0.15) is 18.3 Å². The number of benzene rings is 1. The van der Waals surface area contributed by atoms with Crippen molar-refractivity contribution in [2.24, 2.45) is 0 Å². The Bertz CT molecular complexity index is 1200. The van der Waals surface area contributed by atoms with Gasteiger partial charge < -0.3 is 5.32 Å². The van der Waals surface area contributed by atoms with Gasteiger partial charge in [0.15, 0.2) is 5.65 Å². The summed E-state index contributed by atoms with van der Waals surface area (Å²) in [5.74, 6) is -0.876. The van der Waals surface area contributed by atoms with Crippen LogP contribution in [0.25, 0.3) is 27.1 Å². The maximum absolute atomic E-state index is 12.8. The third-order valence-corrected chi connectivity index (χ3v) is 5.17. The van der Waals surface area contributed by atoms with Crippen molar-refractivity contribution in [1.82, 2.24) is 24.9 Å². The average molecular weight is 405 g/mol. The van der Waals surface area contributed by atoms with Gasteiger partial charge in [0.25, 0.3) is 5.91 Å². The maximum Gasteiger partial charge on any atom is 0.408 e. The number of fused-ring (bicyclic) bond motifs is 2. The average Bonchev–Trinajstić information content (AvgIpc) is 3.26. The van der Waals surface area contributed by atoms with Gasteiger partial charge in [0.05, 0.1) is 27.6 Å². The Morgan fingerprint density at radius 1 is 1.29 bits per heavy atom. The third kappa shape index (κ3) is 3.19. The second kappa shape index (κ2) is 6.55. The summed E-state index contributed by atoms with van der Waals surface area (Å²) in [6, 6.07) is 5.52. The molecule has 4 rings (SSSR count). The molecule has 0 aliphatic heterocycles. The number of nitrogens with one attached hydrogen (secondary N) is 1. The summed E-state index contributed by atoms with van der Waals surface area (Å²) in [6.07, 6.45) is -3.31. The summed E-state index contributed by atoms with van der Waals surface area (Å²) in [5, 5.41) is 6.03. The molecule has 0 bridgehead atoms. The summed E-state index contributed by atoms with van der Waals surface area (Å²) >= 11 is 1.52. The van der Waals surface area contributed by atoms with Crippen molar-refractivity contribution in [1.29, 1.82) is 0 Å². The smallest absolute Gasteiger partial charge is 0.340 e. The number of hydrogen-bond donors (Lipinski definition) is 1. The SMILES string of the molecule is Cc1cc(-c2ccc3scnc3c2)nc2c(C(=O)NC(C)C(F)(F)F)cnn12. The molecular formula is C18H14F3N5OS. The minimum Gasteiger partial charge on any atom is -0.340 e. The molecule has 1 atom stereocenters. The van der Waals surface area contributed by atoms with Crippen LogP contribution in [0.2, 0.25) is 0 Å². The molecule has 1 unspecified atom stereocenters. The van der Waals surface area contributed by atoms with Crippen molar-refractivity contribution >= 4 is 33.1 Å². The van der Waals surface area contributed by atoms with E-state index >= 15 is 0 Å². The molecule has 0 aliphatic carbocycles. The van der Waals surface area contributed by atoms with E-state index in [4.69, 9.17) is 0 Å². The summed E-state index contributed by atoms with van der Waals surface area (Å²) in [4.78, 5) is 21.1. The van der Waals surface area contributed by atoms with E-state index in [1.807, 2.05) is 23.5 Å². The molecule has 0 saturated carbocycles. The monoisotopic (exact) mass is 405 g/mol. The largest absolute Gasteiger partial charge is 0.408 e. The molecule has 1 amide bonds. The van der Waals surface area contributed by atoms with Crippen LogP contribution in [0.3, 0.4) is 0 Å². The Morgan fingerprint density at radius 2 is 2.07 bits per heavy atom. The van der Waals surface area contributed by atoms with Crippen LogP contribution in [0.15, 0.2) is 36.0 Å². The standard InChI is InChI=1S/C18H14F3N5OS/c1-9-5-13(11-3-4-15-14(6-11)22-8-28-15)25-16-12(7-23-26(9)16)17(27)24-10(2)18(19,20)21/h3-8,10H,1-2H3,(H,24,27). The number of nitrogens with zero attached hydrogens (tertiary/aromatic N) is 4. The Labute approximate surface area is 161 Å². The number of alkyl halides is 3. The highest BCUT2D eigenvalue weighted by Crippen LogP contribution is 2.26. The van der Waals surface area contributed by atoms with Gasteiger partial charge in [-0.05, 0) is 32.0 Å². The van der Waals surface area contributed by atoms with Crippen LogP contribution in [-0.4, -0.2) is 37.7 Å². The molecule has 144 valence electrons. The molecule has 0 radical (unpaired) electrons. The van der Waals surface area contributed by atoms with Gasteiger partial charge in [-0.1, -0.05) is 6.07 Å². The van der Waals surface area contributed by atoms with Crippen LogP contribution >= 0.6 is 11.3 Å². The Balaban J connectivity index is 1.77. The molecule has 3 aromatic heterocycles. The number of rotatable bonds is 3. The minimum atomic E-state index is -4.53. The minimum absolute atomic E-state index is 0.0178. The number of carbonyl (C=O) groups is 1. The fraction of sp³-hybridized carbons (Fsp3) is 0.222. The van der Waals surface area contributed by atoms with Crippen LogP contribution in [0.4, 0.5) is 13.2 Å². The molecule has 10 heteroatoms. The van der Waals surface area contributed by atoms with Crippen LogP contribution in [0.1, 0.15) is 23.0 Å². The Hall–Kier alpha value is -3.01. The first-order valence-electron chi connectivity index (χ1n) is 8.30. The molecule has 3 heterocycles. The fourth-order valence-corrected chi connectivity index (χ4v) is 3.45. The van der Waals surface area contributed by atoms with E-state index in [9.17, 15) is 18.0 Å². The van der Waals surface area contributed by atoms with Crippen LogP contribution in [-0.2, 0) is 0 Å². The lowest BCUT2D eigenvalue weighted by Gasteiger charge is -2.16. The lowest BCUT2D eigenvalue weighted by atomic mass is 10.1.